The van der Waals surface area contributed by atoms with Crippen molar-refractivity contribution in [2.24, 2.45) is 0 Å². The molecule has 31 heavy (non-hydrogen) atoms. The molecule has 8 heteroatoms. The number of aryl methyl sites for hydroxylation is 1. The minimum atomic E-state index is -0.427. The van der Waals surface area contributed by atoms with E-state index in [1.165, 1.54) is 41.1 Å². The zero-order chi connectivity index (χ0) is 22.0. The topological polar surface area (TPSA) is 56.2 Å². The summed E-state index contributed by atoms with van der Waals surface area (Å²) in [6, 6.07) is 12.2. The first-order valence-electron chi connectivity index (χ1n) is 10.0. The highest BCUT2D eigenvalue weighted by molar-refractivity contribution is 6.33. The van der Waals surface area contributed by atoms with Crippen LogP contribution in [0.3, 0.4) is 0 Å². The zero-order valence-corrected chi connectivity index (χ0v) is 17.8. The molecule has 1 aliphatic heterocycles. The second kappa shape index (κ2) is 8.77. The maximum atomic E-state index is 13.9. The second-order valence-electron chi connectivity index (χ2n) is 7.73. The van der Waals surface area contributed by atoms with Gasteiger partial charge in [-0.15, -0.1) is 0 Å². The summed E-state index contributed by atoms with van der Waals surface area (Å²) in [5, 5.41) is 7.46. The minimum absolute atomic E-state index is 0.147. The average molecular weight is 446 g/mol. The molecule has 5 nitrogen and oxygen atoms in total. The van der Waals surface area contributed by atoms with Crippen LogP contribution in [0.5, 0.6) is 0 Å². The highest BCUT2D eigenvalue weighted by atomic mass is 35.5. The Morgan fingerprint density at radius 1 is 1.16 bits per heavy atom. The third-order valence-corrected chi connectivity index (χ3v) is 6.13. The highest BCUT2D eigenvalue weighted by Crippen LogP contribution is 2.35. The summed E-state index contributed by atoms with van der Waals surface area (Å²) in [6.45, 7) is 3.08. The summed E-state index contributed by atoms with van der Waals surface area (Å²) in [5.74, 6) is -1.05. The lowest BCUT2D eigenvalue weighted by molar-refractivity contribution is 0.0486. The summed E-state index contributed by atoms with van der Waals surface area (Å²) in [7, 11) is 0. The monoisotopic (exact) mass is 445 g/mol. The van der Waals surface area contributed by atoms with Crippen molar-refractivity contribution in [2.75, 3.05) is 19.8 Å². The van der Waals surface area contributed by atoms with Crippen LogP contribution in [-0.4, -0.2) is 35.4 Å². The number of benzene rings is 2. The molecular weight excluding hydrogens is 424 g/mol. The van der Waals surface area contributed by atoms with E-state index < -0.39 is 5.41 Å². The van der Waals surface area contributed by atoms with Crippen LogP contribution in [0.2, 0.25) is 5.15 Å². The van der Waals surface area contributed by atoms with Crippen LogP contribution in [0.15, 0.2) is 48.5 Å². The molecule has 0 atom stereocenters. The fourth-order valence-corrected chi connectivity index (χ4v) is 4.35. The van der Waals surface area contributed by atoms with Gasteiger partial charge in [0.2, 0.25) is 0 Å². The Morgan fingerprint density at radius 3 is 2.55 bits per heavy atom. The number of amides is 1. The molecule has 162 valence electrons. The molecule has 1 N–H and O–H groups in total. The fourth-order valence-electron chi connectivity index (χ4n) is 4.00. The summed E-state index contributed by atoms with van der Waals surface area (Å²) in [5.41, 5.74) is 1.67. The number of carbonyl (C=O) groups is 1. The lowest BCUT2D eigenvalue weighted by Crippen LogP contribution is -2.44. The molecule has 0 spiro atoms. The molecule has 1 fully saturated rings. The van der Waals surface area contributed by atoms with Crippen molar-refractivity contribution >= 4 is 17.5 Å². The van der Waals surface area contributed by atoms with E-state index in [1.54, 1.807) is 13.0 Å². The van der Waals surface area contributed by atoms with Crippen molar-refractivity contribution in [2.45, 2.75) is 25.2 Å². The summed E-state index contributed by atoms with van der Waals surface area (Å²) >= 11 is 6.47. The molecule has 2 heterocycles. The van der Waals surface area contributed by atoms with Gasteiger partial charge < -0.3 is 10.1 Å². The van der Waals surface area contributed by atoms with Gasteiger partial charge in [-0.1, -0.05) is 23.7 Å². The van der Waals surface area contributed by atoms with E-state index in [2.05, 4.69) is 10.4 Å². The predicted molar refractivity (Wildman–Crippen MR) is 114 cm³/mol. The first kappa shape index (κ1) is 21.5. The van der Waals surface area contributed by atoms with Gasteiger partial charge in [-0.25, -0.2) is 13.5 Å². The molecule has 0 radical (unpaired) electrons. The second-order valence-corrected chi connectivity index (χ2v) is 8.08. The molecule has 1 aliphatic rings. The molecule has 0 aliphatic carbocycles. The molecular formula is C23H22ClF2N3O2. The van der Waals surface area contributed by atoms with Gasteiger partial charge in [-0.3, -0.25) is 4.79 Å². The van der Waals surface area contributed by atoms with Crippen molar-refractivity contribution in [1.82, 2.24) is 15.1 Å². The smallest absolute Gasteiger partial charge is 0.256 e. The van der Waals surface area contributed by atoms with E-state index in [9.17, 15) is 13.6 Å². The SMILES string of the molecule is Cc1nn(-c2ccc(F)cc2)c(Cl)c1C(=O)NCC1(c2cccc(F)c2)CCOCC1. The van der Waals surface area contributed by atoms with Crippen molar-refractivity contribution in [3.05, 3.63) is 82.1 Å². The Bertz CT molecular complexity index is 1090. The number of halogens is 3. The highest BCUT2D eigenvalue weighted by Gasteiger charge is 2.35. The van der Waals surface area contributed by atoms with Gasteiger partial charge >= 0.3 is 0 Å². The first-order chi connectivity index (χ1) is 14.9. The van der Waals surface area contributed by atoms with E-state index in [0.29, 0.717) is 44.0 Å². The van der Waals surface area contributed by atoms with Gasteiger partial charge in [0.15, 0.2) is 0 Å². The number of nitrogens with one attached hydrogen (secondary N) is 1. The fraction of sp³-hybridized carbons (Fsp3) is 0.304. The number of hydrogen-bond acceptors (Lipinski definition) is 3. The summed E-state index contributed by atoms with van der Waals surface area (Å²) < 4.78 is 34.0. The van der Waals surface area contributed by atoms with Crippen LogP contribution >= 0.6 is 11.6 Å². The summed E-state index contributed by atoms with van der Waals surface area (Å²) in [6.07, 6.45) is 1.33. The Kier molecular flexibility index (Phi) is 6.07. The molecule has 1 aromatic heterocycles. The largest absolute Gasteiger partial charge is 0.381 e. The Hall–Kier alpha value is -2.77. The first-order valence-corrected chi connectivity index (χ1v) is 10.4. The number of carbonyl (C=O) groups excluding carboxylic acids is 1. The van der Waals surface area contributed by atoms with Gasteiger partial charge in [0, 0.05) is 25.2 Å². The molecule has 1 amide bonds. The lowest BCUT2D eigenvalue weighted by Gasteiger charge is -2.38. The molecule has 3 aromatic rings. The summed E-state index contributed by atoms with van der Waals surface area (Å²) in [4.78, 5) is 13.1. The van der Waals surface area contributed by atoms with Crippen molar-refractivity contribution in [3.63, 3.8) is 0 Å². The molecule has 4 rings (SSSR count). The van der Waals surface area contributed by atoms with E-state index in [-0.39, 0.29) is 28.3 Å². The quantitative estimate of drug-likeness (QED) is 0.625. The number of aromatic nitrogens is 2. The third kappa shape index (κ3) is 4.34. The van der Waals surface area contributed by atoms with E-state index in [4.69, 9.17) is 16.3 Å². The standard InChI is InChI=1S/C23H22ClF2N3O2/c1-15-20(21(24)29(28-15)19-7-5-17(25)6-8-19)22(30)27-14-23(9-11-31-12-10-23)16-3-2-4-18(26)13-16/h2-8,13H,9-12,14H2,1H3,(H,27,30). The predicted octanol–water partition coefficient (Wildman–Crippen LogP) is 4.59. The van der Waals surface area contributed by atoms with Crippen molar-refractivity contribution < 1.29 is 18.3 Å². The van der Waals surface area contributed by atoms with Crippen LogP contribution in [0.4, 0.5) is 8.78 Å². The van der Waals surface area contributed by atoms with Crippen LogP contribution in [0.25, 0.3) is 5.69 Å². The van der Waals surface area contributed by atoms with Gasteiger partial charge in [0.25, 0.3) is 5.91 Å². The van der Waals surface area contributed by atoms with Gasteiger partial charge in [-0.2, -0.15) is 5.10 Å². The number of rotatable bonds is 5. The molecule has 0 unspecified atom stereocenters. The molecule has 1 saturated heterocycles. The van der Waals surface area contributed by atoms with E-state index in [1.807, 2.05) is 6.07 Å². The van der Waals surface area contributed by atoms with Gasteiger partial charge in [0.05, 0.1) is 16.9 Å². The van der Waals surface area contributed by atoms with Gasteiger partial charge in [-0.05, 0) is 61.7 Å². The number of nitrogens with zero attached hydrogens (tertiary/aromatic N) is 2. The van der Waals surface area contributed by atoms with E-state index >= 15 is 0 Å². The zero-order valence-electron chi connectivity index (χ0n) is 17.0. The average Bonchev–Trinajstić information content (AvgIpc) is 3.07. The van der Waals surface area contributed by atoms with Crippen LogP contribution in [0.1, 0.15) is 34.5 Å². The molecule has 2 aromatic carbocycles. The Labute approximate surface area is 184 Å². The van der Waals surface area contributed by atoms with Crippen LogP contribution < -0.4 is 5.32 Å². The van der Waals surface area contributed by atoms with Crippen molar-refractivity contribution in [3.8, 4) is 5.69 Å². The lowest BCUT2D eigenvalue weighted by atomic mass is 9.74. The van der Waals surface area contributed by atoms with Crippen LogP contribution in [0, 0.1) is 18.6 Å². The normalized spacial score (nSPS) is 15.6. The Morgan fingerprint density at radius 2 is 1.87 bits per heavy atom. The van der Waals surface area contributed by atoms with E-state index in [0.717, 1.165) is 5.56 Å². The third-order valence-electron chi connectivity index (χ3n) is 5.78. The maximum absolute atomic E-state index is 13.9. The molecule has 0 saturated carbocycles. The number of ether oxygens (including phenoxy) is 1. The van der Waals surface area contributed by atoms with Gasteiger partial charge in [0.1, 0.15) is 16.8 Å². The molecule has 0 bridgehead atoms. The maximum Gasteiger partial charge on any atom is 0.256 e. The Balaban J connectivity index is 1.58. The minimum Gasteiger partial charge on any atom is -0.381 e. The number of hydrogen-bond donors (Lipinski definition) is 1. The van der Waals surface area contributed by atoms with Crippen molar-refractivity contribution in [1.29, 1.82) is 0 Å². The van der Waals surface area contributed by atoms with Crippen LogP contribution in [-0.2, 0) is 10.2 Å².